The normalized spacial score (nSPS) is 11.2. The molecular weight excluding hydrogens is 392 g/mol. The van der Waals surface area contributed by atoms with Gasteiger partial charge in [0.2, 0.25) is 0 Å². The van der Waals surface area contributed by atoms with Gasteiger partial charge in [-0.2, -0.15) is 22.9 Å². The van der Waals surface area contributed by atoms with Crippen LogP contribution in [0.4, 0.5) is 11.4 Å². The first-order chi connectivity index (χ1) is 14.7. The summed E-state index contributed by atoms with van der Waals surface area (Å²) < 4.78 is 11.4. The maximum absolute atomic E-state index is 5.96. The van der Waals surface area contributed by atoms with Gasteiger partial charge in [-0.05, 0) is 80.5 Å². The number of azo groups is 1. The van der Waals surface area contributed by atoms with Crippen molar-refractivity contribution in [2.45, 2.75) is 65.2 Å². The van der Waals surface area contributed by atoms with E-state index in [1.807, 2.05) is 49.4 Å². The molecule has 0 N–H and O–H groups in total. The molecule has 164 valence electrons. The summed E-state index contributed by atoms with van der Waals surface area (Å²) in [5, 5.41) is 8.64. The standard InChI is InChI=1S/C25H36N2O2S/c1-3-28-24-15-12-22(13-16-24)26-27-23-14-17-25(21(2)20-23)29-18-10-8-6-4-5-7-9-11-19-30/h12-17,20,30H,3-11,18-19H2,1-2H3. The second kappa shape index (κ2) is 14.9. The lowest BCUT2D eigenvalue weighted by Gasteiger charge is -2.09. The molecule has 0 aliphatic heterocycles. The lowest BCUT2D eigenvalue weighted by molar-refractivity contribution is 0.302. The molecule has 0 aromatic heterocycles. The Morgan fingerprint density at radius 2 is 1.33 bits per heavy atom. The van der Waals surface area contributed by atoms with E-state index in [0.717, 1.165) is 47.2 Å². The average molecular weight is 429 g/mol. The number of hydrogen-bond acceptors (Lipinski definition) is 5. The number of unbranched alkanes of at least 4 members (excludes halogenated alkanes) is 7. The summed E-state index contributed by atoms with van der Waals surface area (Å²) in [5.74, 6) is 2.79. The molecule has 0 spiro atoms. The van der Waals surface area contributed by atoms with Crippen LogP contribution < -0.4 is 9.47 Å². The molecule has 2 rings (SSSR count). The van der Waals surface area contributed by atoms with Gasteiger partial charge in [0.25, 0.3) is 0 Å². The largest absolute Gasteiger partial charge is 0.494 e. The molecule has 0 amide bonds. The highest BCUT2D eigenvalue weighted by Gasteiger charge is 2.02. The Labute approximate surface area is 187 Å². The predicted octanol–water partition coefficient (Wildman–Crippen LogP) is 8.24. The van der Waals surface area contributed by atoms with Crippen molar-refractivity contribution in [3.05, 3.63) is 48.0 Å². The van der Waals surface area contributed by atoms with Gasteiger partial charge in [0.15, 0.2) is 0 Å². The van der Waals surface area contributed by atoms with Crippen LogP contribution >= 0.6 is 12.6 Å². The number of ether oxygens (including phenoxy) is 2. The molecule has 0 aliphatic carbocycles. The fraction of sp³-hybridized carbons (Fsp3) is 0.520. The first-order valence-electron chi connectivity index (χ1n) is 11.2. The Hall–Kier alpha value is -2.01. The van der Waals surface area contributed by atoms with Crippen molar-refractivity contribution in [2.24, 2.45) is 10.2 Å². The summed E-state index contributed by atoms with van der Waals surface area (Å²) in [6, 6.07) is 13.6. The zero-order chi connectivity index (χ0) is 21.4. The number of aryl methyl sites for hydroxylation is 1. The van der Waals surface area contributed by atoms with Crippen LogP contribution in [-0.2, 0) is 0 Å². The van der Waals surface area contributed by atoms with E-state index in [9.17, 15) is 0 Å². The minimum absolute atomic E-state index is 0.658. The third-order valence-corrected chi connectivity index (χ3v) is 5.21. The molecule has 2 aromatic carbocycles. The number of rotatable bonds is 15. The van der Waals surface area contributed by atoms with E-state index in [1.54, 1.807) is 0 Å². The molecule has 4 nitrogen and oxygen atoms in total. The van der Waals surface area contributed by atoms with E-state index < -0.39 is 0 Å². The summed E-state index contributed by atoms with van der Waals surface area (Å²) in [6.07, 6.45) is 10.2. The molecule has 0 saturated carbocycles. The molecule has 0 atom stereocenters. The summed E-state index contributed by atoms with van der Waals surface area (Å²) in [6.45, 7) is 5.45. The van der Waals surface area contributed by atoms with E-state index in [-0.39, 0.29) is 0 Å². The van der Waals surface area contributed by atoms with E-state index in [4.69, 9.17) is 9.47 Å². The highest BCUT2D eigenvalue weighted by atomic mass is 32.1. The Morgan fingerprint density at radius 3 is 1.97 bits per heavy atom. The molecule has 0 aliphatic rings. The Morgan fingerprint density at radius 1 is 0.733 bits per heavy atom. The van der Waals surface area contributed by atoms with Crippen LogP contribution in [0.1, 0.15) is 63.9 Å². The Balaban J connectivity index is 1.68. The zero-order valence-electron chi connectivity index (χ0n) is 18.5. The van der Waals surface area contributed by atoms with Gasteiger partial charge >= 0.3 is 0 Å². The predicted molar refractivity (Wildman–Crippen MR) is 129 cm³/mol. The van der Waals surface area contributed by atoms with Crippen molar-refractivity contribution in [1.82, 2.24) is 0 Å². The lowest BCUT2D eigenvalue weighted by atomic mass is 10.1. The number of hydrogen-bond donors (Lipinski definition) is 1. The van der Waals surface area contributed by atoms with Gasteiger partial charge in [-0.1, -0.05) is 38.5 Å². The maximum Gasteiger partial charge on any atom is 0.122 e. The highest BCUT2D eigenvalue weighted by molar-refractivity contribution is 7.80. The first kappa shape index (κ1) is 24.3. The quantitative estimate of drug-likeness (QED) is 0.176. The van der Waals surface area contributed by atoms with E-state index in [1.165, 1.54) is 44.9 Å². The second-order valence-corrected chi connectivity index (χ2v) is 7.92. The van der Waals surface area contributed by atoms with Crippen LogP contribution in [-0.4, -0.2) is 19.0 Å². The summed E-state index contributed by atoms with van der Waals surface area (Å²) in [5.41, 5.74) is 2.71. The van der Waals surface area contributed by atoms with Gasteiger partial charge in [-0.15, -0.1) is 0 Å². The Kier molecular flexibility index (Phi) is 12.0. The Bertz CT molecular complexity index is 747. The fourth-order valence-corrected chi connectivity index (χ4v) is 3.43. The molecule has 0 radical (unpaired) electrons. The van der Waals surface area contributed by atoms with Crippen LogP contribution in [0.3, 0.4) is 0 Å². The first-order valence-corrected chi connectivity index (χ1v) is 11.8. The van der Waals surface area contributed by atoms with Crippen molar-refractivity contribution >= 4 is 24.0 Å². The van der Waals surface area contributed by atoms with Crippen molar-refractivity contribution in [3.8, 4) is 11.5 Å². The molecule has 0 bridgehead atoms. The molecule has 5 heteroatoms. The van der Waals surface area contributed by atoms with E-state index in [0.29, 0.717) is 6.61 Å². The molecule has 0 saturated heterocycles. The molecule has 2 aromatic rings. The van der Waals surface area contributed by atoms with Crippen molar-refractivity contribution in [1.29, 1.82) is 0 Å². The van der Waals surface area contributed by atoms with Crippen LogP contribution in [0.15, 0.2) is 52.7 Å². The topological polar surface area (TPSA) is 43.2 Å². The van der Waals surface area contributed by atoms with Crippen molar-refractivity contribution in [2.75, 3.05) is 19.0 Å². The summed E-state index contributed by atoms with van der Waals surface area (Å²) in [4.78, 5) is 0. The van der Waals surface area contributed by atoms with Gasteiger partial charge in [0.1, 0.15) is 11.5 Å². The van der Waals surface area contributed by atoms with Gasteiger partial charge in [-0.3, -0.25) is 0 Å². The third-order valence-electron chi connectivity index (χ3n) is 4.90. The molecule has 0 unspecified atom stereocenters. The molecule has 0 heterocycles. The van der Waals surface area contributed by atoms with E-state index in [2.05, 4.69) is 29.8 Å². The third kappa shape index (κ3) is 9.66. The summed E-state index contributed by atoms with van der Waals surface area (Å²) >= 11 is 4.25. The van der Waals surface area contributed by atoms with Crippen molar-refractivity contribution < 1.29 is 9.47 Å². The van der Waals surface area contributed by atoms with Crippen LogP contribution in [0.25, 0.3) is 0 Å². The van der Waals surface area contributed by atoms with Crippen LogP contribution in [0, 0.1) is 6.92 Å². The van der Waals surface area contributed by atoms with Crippen LogP contribution in [0.5, 0.6) is 11.5 Å². The monoisotopic (exact) mass is 428 g/mol. The molecule has 30 heavy (non-hydrogen) atoms. The van der Waals surface area contributed by atoms with Gasteiger partial charge in [-0.25, -0.2) is 0 Å². The van der Waals surface area contributed by atoms with Gasteiger partial charge in [0.05, 0.1) is 24.6 Å². The van der Waals surface area contributed by atoms with Crippen LogP contribution in [0.2, 0.25) is 0 Å². The minimum atomic E-state index is 0.658. The maximum atomic E-state index is 5.96. The highest BCUT2D eigenvalue weighted by Crippen LogP contribution is 2.26. The lowest BCUT2D eigenvalue weighted by Crippen LogP contribution is -1.98. The zero-order valence-corrected chi connectivity index (χ0v) is 19.4. The van der Waals surface area contributed by atoms with Gasteiger partial charge < -0.3 is 9.47 Å². The van der Waals surface area contributed by atoms with Crippen molar-refractivity contribution in [3.63, 3.8) is 0 Å². The molecule has 0 fully saturated rings. The number of thiol groups is 1. The smallest absolute Gasteiger partial charge is 0.122 e. The SMILES string of the molecule is CCOc1ccc(N=Nc2ccc(OCCCCCCCCCCS)c(C)c2)cc1. The number of benzene rings is 2. The fourth-order valence-electron chi connectivity index (χ4n) is 3.21. The minimum Gasteiger partial charge on any atom is -0.494 e. The average Bonchev–Trinajstić information content (AvgIpc) is 2.76. The molecular formula is C25H36N2O2S. The second-order valence-electron chi connectivity index (χ2n) is 7.48. The number of nitrogens with zero attached hydrogens (tertiary/aromatic N) is 2. The van der Waals surface area contributed by atoms with Gasteiger partial charge in [0, 0.05) is 0 Å². The van der Waals surface area contributed by atoms with E-state index >= 15 is 0 Å². The summed E-state index contributed by atoms with van der Waals surface area (Å²) in [7, 11) is 0.